The molecular formula is C18H20N4O. The smallest absolute Gasteiger partial charge is 0.161 e. The Kier molecular flexibility index (Phi) is 3.71. The molecule has 0 aliphatic carbocycles. The molecule has 5 heteroatoms. The van der Waals surface area contributed by atoms with Gasteiger partial charge in [-0.2, -0.15) is 0 Å². The van der Waals surface area contributed by atoms with Crippen LogP contribution in [-0.2, 0) is 0 Å². The van der Waals surface area contributed by atoms with Gasteiger partial charge in [0, 0.05) is 11.8 Å². The second kappa shape index (κ2) is 6.01. The van der Waals surface area contributed by atoms with E-state index in [-0.39, 0.29) is 6.17 Å². The molecule has 0 saturated carbocycles. The molecule has 0 amide bonds. The van der Waals surface area contributed by atoms with Crippen molar-refractivity contribution >= 4 is 11.2 Å². The summed E-state index contributed by atoms with van der Waals surface area (Å²) in [6.07, 6.45) is 5.62. The first-order valence-corrected chi connectivity index (χ1v) is 8.07. The number of nitrogens with zero attached hydrogens (tertiary/aromatic N) is 3. The van der Waals surface area contributed by atoms with Gasteiger partial charge in [-0.15, -0.1) is 0 Å². The summed E-state index contributed by atoms with van der Waals surface area (Å²) in [5, 5.41) is 3.60. The molecule has 1 fully saturated rings. The van der Waals surface area contributed by atoms with Crippen LogP contribution in [0.3, 0.4) is 0 Å². The van der Waals surface area contributed by atoms with Gasteiger partial charge in [0.05, 0.1) is 13.3 Å². The first-order chi connectivity index (χ1) is 11.4. The van der Waals surface area contributed by atoms with Crippen LogP contribution < -0.4 is 10.1 Å². The number of hydrogen-bond donors (Lipinski definition) is 1. The van der Waals surface area contributed by atoms with Crippen LogP contribution in [0, 0.1) is 0 Å². The predicted molar refractivity (Wildman–Crippen MR) is 90.4 cm³/mol. The molecule has 0 spiro atoms. The summed E-state index contributed by atoms with van der Waals surface area (Å²) < 4.78 is 7.61. The van der Waals surface area contributed by atoms with Crippen LogP contribution in [0.15, 0.2) is 42.6 Å². The van der Waals surface area contributed by atoms with Gasteiger partial charge in [-0.3, -0.25) is 9.88 Å². The number of imidazole rings is 1. The van der Waals surface area contributed by atoms with Crippen molar-refractivity contribution in [3.05, 3.63) is 42.6 Å². The average Bonchev–Trinajstić information content (AvgIpc) is 3.02. The average molecular weight is 308 g/mol. The van der Waals surface area contributed by atoms with Crippen LogP contribution in [0.5, 0.6) is 5.75 Å². The third kappa shape index (κ3) is 2.57. The Hall–Kier alpha value is -2.40. The summed E-state index contributed by atoms with van der Waals surface area (Å²) in [6.45, 7) is 1.04. The summed E-state index contributed by atoms with van der Waals surface area (Å²) in [5.74, 6) is 1.78. The van der Waals surface area contributed by atoms with Gasteiger partial charge in [0.2, 0.25) is 0 Å². The molecule has 0 bridgehead atoms. The SMILES string of the molecule is COc1cccc(-c2nc3cccnc3n2C2CCCCN2)c1. The van der Waals surface area contributed by atoms with Gasteiger partial charge in [-0.25, -0.2) is 9.97 Å². The summed E-state index contributed by atoms with van der Waals surface area (Å²) in [6, 6.07) is 12.0. The molecule has 3 aromatic rings. The molecule has 0 radical (unpaired) electrons. The normalized spacial score (nSPS) is 18.2. The highest BCUT2D eigenvalue weighted by Gasteiger charge is 2.22. The second-order valence-electron chi connectivity index (χ2n) is 5.85. The highest BCUT2D eigenvalue weighted by Crippen LogP contribution is 2.31. The van der Waals surface area contributed by atoms with Crippen LogP contribution in [0.1, 0.15) is 25.4 Å². The molecule has 23 heavy (non-hydrogen) atoms. The van der Waals surface area contributed by atoms with Crippen LogP contribution >= 0.6 is 0 Å². The fourth-order valence-corrected chi connectivity index (χ4v) is 3.24. The molecule has 1 aliphatic rings. The van der Waals surface area contributed by atoms with Crippen molar-refractivity contribution in [2.45, 2.75) is 25.4 Å². The minimum Gasteiger partial charge on any atom is -0.497 e. The maximum absolute atomic E-state index is 5.37. The molecule has 118 valence electrons. The maximum Gasteiger partial charge on any atom is 0.161 e. The molecule has 4 rings (SSSR count). The number of nitrogens with one attached hydrogen (secondary N) is 1. The number of piperidine rings is 1. The minimum absolute atomic E-state index is 0.241. The number of aromatic nitrogens is 3. The molecule has 1 saturated heterocycles. The van der Waals surface area contributed by atoms with Gasteiger partial charge in [-0.05, 0) is 50.1 Å². The molecule has 5 nitrogen and oxygen atoms in total. The van der Waals surface area contributed by atoms with E-state index in [0.717, 1.165) is 41.3 Å². The van der Waals surface area contributed by atoms with Crippen molar-refractivity contribution in [3.8, 4) is 17.1 Å². The van der Waals surface area contributed by atoms with Crippen molar-refractivity contribution < 1.29 is 4.74 Å². The van der Waals surface area contributed by atoms with Crippen molar-refractivity contribution in [2.75, 3.05) is 13.7 Å². The highest BCUT2D eigenvalue weighted by molar-refractivity contribution is 5.77. The molecule has 1 N–H and O–H groups in total. The standard InChI is InChI=1S/C18H20N4O/c1-23-14-7-4-6-13(12-14)17-21-15-8-5-11-20-18(15)22(17)16-9-2-3-10-19-16/h4-8,11-12,16,19H,2-3,9-10H2,1H3. The van der Waals surface area contributed by atoms with E-state index in [1.165, 1.54) is 12.8 Å². The number of hydrogen-bond acceptors (Lipinski definition) is 4. The van der Waals surface area contributed by atoms with Crippen LogP contribution in [0.25, 0.3) is 22.6 Å². The van der Waals surface area contributed by atoms with Gasteiger partial charge >= 0.3 is 0 Å². The number of ether oxygens (including phenoxy) is 1. The lowest BCUT2D eigenvalue weighted by molar-refractivity contribution is 0.328. The number of benzene rings is 1. The summed E-state index contributed by atoms with van der Waals surface area (Å²) >= 11 is 0. The Labute approximate surface area is 135 Å². The fraction of sp³-hybridized carbons (Fsp3) is 0.333. The minimum atomic E-state index is 0.241. The van der Waals surface area contributed by atoms with E-state index in [1.54, 1.807) is 7.11 Å². The Morgan fingerprint density at radius 3 is 3.00 bits per heavy atom. The Morgan fingerprint density at radius 1 is 1.22 bits per heavy atom. The largest absolute Gasteiger partial charge is 0.497 e. The first kappa shape index (κ1) is 14.2. The van der Waals surface area contributed by atoms with Crippen LogP contribution in [0.4, 0.5) is 0 Å². The zero-order valence-corrected chi connectivity index (χ0v) is 13.2. The molecule has 1 aromatic carbocycles. The topological polar surface area (TPSA) is 52.0 Å². The van der Waals surface area contributed by atoms with Crippen LogP contribution in [-0.4, -0.2) is 28.2 Å². The molecule has 1 unspecified atom stereocenters. The quantitative estimate of drug-likeness (QED) is 0.806. The van der Waals surface area contributed by atoms with E-state index < -0.39 is 0 Å². The van der Waals surface area contributed by atoms with Crippen molar-refractivity contribution in [3.63, 3.8) is 0 Å². The van der Waals surface area contributed by atoms with E-state index in [2.05, 4.69) is 20.9 Å². The monoisotopic (exact) mass is 308 g/mol. The number of rotatable bonds is 3. The number of methoxy groups -OCH3 is 1. The molecule has 1 atom stereocenters. The third-order valence-corrected chi connectivity index (χ3v) is 4.37. The lowest BCUT2D eigenvalue weighted by Crippen LogP contribution is -2.31. The fourth-order valence-electron chi connectivity index (χ4n) is 3.24. The molecule has 2 aromatic heterocycles. The van der Waals surface area contributed by atoms with Gasteiger partial charge in [0.1, 0.15) is 17.1 Å². The Morgan fingerprint density at radius 2 is 2.17 bits per heavy atom. The van der Waals surface area contributed by atoms with Crippen molar-refractivity contribution in [1.29, 1.82) is 0 Å². The highest BCUT2D eigenvalue weighted by atomic mass is 16.5. The zero-order chi connectivity index (χ0) is 15.6. The van der Waals surface area contributed by atoms with E-state index in [9.17, 15) is 0 Å². The van der Waals surface area contributed by atoms with Gasteiger partial charge in [0.25, 0.3) is 0 Å². The van der Waals surface area contributed by atoms with Gasteiger partial charge in [-0.1, -0.05) is 12.1 Å². The summed E-state index contributed by atoms with van der Waals surface area (Å²) in [4.78, 5) is 9.41. The molecular weight excluding hydrogens is 288 g/mol. The molecule has 3 heterocycles. The first-order valence-electron chi connectivity index (χ1n) is 8.07. The predicted octanol–water partition coefficient (Wildman–Crippen LogP) is 3.38. The zero-order valence-electron chi connectivity index (χ0n) is 13.2. The van der Waals surface area contributed by atoms with E-state index in [1.807, 2.05) is 36.5 Å². The lowest BCUT2D eigenvalue weighted by Gasteiger charge is -2.26. The van der Waals surface area contributed by atoms with E-state index >= 15 is 0 Å². The van der Waals surface area contributed by atoms with E-state index in [4.69, 9.17) is 9.72 Å². The Balaban J connectivity index is 1.90. The van der Waals surface area contributed by atoms with Crippen LogP contribution in [0.2, 0.25) is 0 Å². The number of pyridine rings is 1. The van der Waals surface area contributed by atoms with Crippen molar-refractivity contribution in [2.24, 2.45) is 0 Å². The maximum atomic E-state index is 5.37. The molecule has 1 aliphatic heterocycles. The summed E-state index contributed by atoms with van der Waals surface area (Å²) in [7, 11) is 1.69. The second-order valence-corrected chi connectivity index (χ2v) is 5.85. The van der Waals surface area contributed by atoms with E-state index in [0.29, 0.717) is 0 Å². The van der Waals surface area contributed by atoms with Crippen molar-refractivity contribution in [1.82, 2.24) is 19.9 Å². The Bertz CT molecular complexity index is 821. The summed E-state index contributed by atoms with van der Waals surface area (Å²) in [5.41, 5.74) is 2.91. The lowest BCUT2D eigenvalue weighted by atomic mass is 10.1. The van der Waals surface area contributed by atoms with Gasteiger partial charge < -0.3 is 4.74 Å². The number of fused-ring (bicyclic) bond motifs is 1. The van der Waals surface area contributed by atoms with Gasteiger partial charge in [0.15, 0.2) is 5.65 Å². The third-order valence-electron chi connectivity index (χ3n) is 4.37.